The Morgan fingerprint density at radius 3 is 2.48 bits per heavy atom. The molecule has 8 heteroatoms. The SMILES string of the molecule is Cc1cc(C(=O)N2CCN(c3ncccn3)CC2)nc(NC2CCCC2)n1. The van der Waals surface area contributed by atoms with Crippen LogP contribution in [-0.2, 0) is 0 Å². The predicted octanol–water partition coefficient (Wildman–Crippen LogP) is 1.89. The third-order valence-electron chi connectivity index (χ3n) is 5.16. The van der Waals surface area contributed by atoms with Crippen LogP contribution in [-0.4, -0.2) is 63.0 Å². The molecule has 1 amide bonds. The normalized spacial score (nSPS) is 18.0. The van der Waals surface area contributed by atoms with E-state index in [-0.39, 0.29) is 5.91 Å². The summed E-state index contributed by atoms with van der Waals surface area (Å²) < 4.78 is 0. The highest BCUT2D eigenvalue weighted by Crippen LogP contribution is 2.21. The first kappa shape index (κ1) is 17.6. The summed E-state index contributed by atoms with van der Waals surface area (Å²) in [6.45, 7) is 4.60. The van der Waals surface area contributed by atoms with Crippen molar-refractivity contribution in [3.05, 3.63) is 35.9 Å². The zero-order chi connectivity index (χ0) is 18.6. The van der Waals surface area contributed by atoms with Gasteiger partial charge in [-0.2, -0.15) is 0 Å². The molecule has 1 N–H and O–H groups in total. The molecule has 0 bridgehead atoms. The van der Waals surface area contributed by atoms with Crippen molar-refractivity contribution in [3.8, 4) is 0 Å². The summed E-state index contributed by atoms with van der Waals surface area (Å²) in [5, 5.41) is 3.39. The van der Waals surface area contributed by atoms with E-state index in [2.05, 4.69) is 30.2 Å². The molecule has 0 radical (unpaired) electrons. The highest BCUT2D eigenvalue weighted by molar-refractivity contribution is 5.92. The summed E-state index contributed by atoms with van der Waals surface area (Å²) >= 11 is 0. The zero-order valence-corrected chi connectivity index (χ0v) is 15.6. The highest BCUT2D eigenvalue weighted by atomic mass is 16.2. The number of anilines is 2. The molecule has 2 fully saturated rings. The Morgan fingerprint density at radius 2 is 1.78 bits per heavy atom. The van der Waals surface area contributed by atoms with E-state index in [0.717, 1.165) is 18.5 Å². The second kappa shape index (κ2) is 7.85. The lowest BCUT2D eigenvalue weighted by Crippen LogP contribution is -2.49. The number of piperazine rings is 1. The van der Waals surface area contributed by atoms with Crippen LogP contribution in [0.4, 0.5) is 11.9 Å². The van der Waals surface area contributed by atoms with Crippen molar-refractivity contribution in [2.45, 2.75) is 38.6 Å². The van der Waals surface area contributed by atoms with E-state index in [1.807, 2.05) is 11.8 Å². The first-order valence-corrected chi connectivity index (χ1v) is 9.62. The Hall–Kier alpha value is -2.77. The molecule has 2 aromatic heterocycles. The van der Waals surface area contributed by atoms with Crippen molar-refractivity contribution in [1.29, 1.82) is 0 Å². The molecule has 0 atom stereocenters. The minimum atomic E-state index is -0.0383. The van der Waals surface area contributed by atoms with Gasteiger partial charge in [-0.3, -0.25) is 4.79 Å². The molecule has 142 valence electrons. The molecule has 3 heterocycles. The van der Waals surface area contributed by atoms with E-state index >= 15 is 0 Å². The molecule has 0 aromatic carbocycles. The van der Waals surface area contributed by atoms with Gasteiger partial charge in [0.1, 0.15) is 5.69 Å². The fraction of sp³-hybridized carbons (Fsp3) is 0.526. The summed E-state index contributed by atoms with van der Waals surface area (Å²) in [5.74, 6) is 1.25. The Morgan fingerprint density at radius 1 is 1.07 bits per heavy atom. The van der Waals surface area contributed by atoms with Crippen LogP contribution in [0.2, 0.25) is 0 Å². The average Bonchev–Trinajstić information content (AvgIpc) is 3.21. The van der Waals surface area contributed by atoms with Gasteiger partial charge < -0.3 is 15.1 Å². The molecular weight excluding hydrogens is 342 g/mol. The number of hydrogen-bond acceptors (Lipinski definition) is 7. The smallest absolute Gasteiger partial charge is 0.272 e. The van der Waals surface area contributed by atoms with Gasteiger partial charge in [-0.25, -0.2) is 19.9 Å². The number of aryl methyl sites for hydroxylation is 1. The first-order chi connectivity index (χ1) is 13.2. The van der Waals surface area contributed by atoms with Gasteiger partial charge in [0.15, 0.2) is 0 Å². The van der Waals surface area contributed by atoms with Crippen molar-refractivity contribution in [1.82, 2.24) is 24.8 Å². The van der Waals surface area contributed by atoms with Gasteiger partial charge in [0.05, 0.1) is 0 Å². The molecule has 2 aromatic rings. The Bertz CT molecular complexity index is 784. The molecule has 1 aliphatic heterocycles. The van der Waals surface area contributed by atoms with Gasteiger partial charge in [0.2, 0.25) is 11.9 Å². The van der Waals surface area contributed by atoms with Crippen molar-refractivity contribution >= 4 is 17.8 Å². The molecule has 4 rings (SSSR count). The maximum atomic E-state index is 12.9. The lowest BCUT2D eigenvalue weighted by atomic mass is 10.2. The summed E-state index contributed by atoms with van der Waals surface area (Å²) in [6.07, 6.45) is 8.24. The van der Waals surface area contributed by atoms with Crippen LogP contribution in [0.3, 0.4) is 0 Å². The number of amides is 1. The third kappa shape index (κ3) is 4.15. The minimum Gasteiger partial charge on any atom is -0.351 e. The largest absolute Gasteiger partial charge is 0.351 e. The number of carbonyl (C=O) groups excluding carboxylic acids is 1. The van der Waals surface area contributed by atoms with Gasteiger partial charge >= 0.3 is 0 Å². The highest BCUT2D eigenvalue weighted by Gasteiger charge is 2.25. The second-order valence-electron chi connectivity index (χ2n) is 7.17. The lowest BCUT2D eigenvalue weighted by molar-refractivity contribution is 0.0740. The van der Waals surface area contributed by atoms with E-state index in [1.165, 1.54) is 12.8 Å². The van der Waals surface area contributed by atoms with Crippen LogP contribution in [0.1, 0.15) is 41.9 Å². The Balaban J connectivity index is 1.41. The number of hydrogen-bond donors (Lipinski definition) is 1. The van der Waals surface area contributed by atoms with Crippen molar-refractivity contribution in [2.24, 2.45) is 0 Å². The van der Waals surface area contributed by atoms with Crippen LogP contribution in [0, 0.1) is 6.92 Å². The predicted molar refractivity (Wildman–Crippen MR) is 103 cm³/mol. The van der Waals surface area contributed by atoms with E-state index in [1.54, 1.807) is 24.5 Å². The fourth-order valence-electron chi connectivity index (χ4n) is 3.72. The van der Waals surface area contributed by atoms with Crippen LogP contribution in [0.5, 0.6) is 0 Å². The number of aromatic nitrogens is 4. The first-order valence-electron chi connectivity index (χ1n) is 9.62. The topological polar surface area (TPSA) is 87.1 Å². The van der Waals surface area contributed by atoms with Crippen LogP contribution in [0.15, 0.2) is 24.5 Å². The summed E-state index contributed by atoms with van der Waals surface area (Å²) in [5.41, 5.74) is 1.28. The quantitative estimate of drug-likeness (QED) is 0.883. The van der Waals surface area contributed by atoms with Crippen molar-refractivity contribution in [3.63, 3.8) is 0 Å². The Kier molecular flexibility index (Phi) is 5.13. The molecule has 2 aliphatic rings. The zero-order valence-electron chi connectivity index (χ0n) is 15.6. The Labute approximate surface area is 159 Å². The number of carbonyl (C=O) groups is 1. The maximum absolute atomic E-state index is 12.9. The summed E-state index contributed by atoms with van der Waals surface area (Å²) in [4.78, 5) is 34.4. The van der Waals surface area contributed by atoms with Crippen LogP contribution < -0.4 is 10.2 Å². The minimum absolute atomic E-state index is 0.0383. The monoisotopic (exact) mass is 367 g/mol. The molecule has 0 unspecified atom stereocenters. The summed E-state index contributed by atoms with van der Waals surface area (Å²) in [7, 11) is 0. The van der Waals surface area contributed by atoms with Crippen LogP contribution in [0.25, 0.3) is 0 Å². The molecule has 0 spiro atoms. The second-order valence-corrected chi connectivity index (χ2v) is 7.17. The molecule has 1 aliphatic carbocycles. The van der Waals surface area contributed by atoms with E-state index in [0.29, 0.717) is 49.8 Å². The molecular formula is C19H25N7O. The average molecular weight is 367 g/mol. The number of rotatable bonds is 4. The van der Waals surface area contributed by atoms with Gasteiger partial charge in [-0.1, -0.05) is 12.8 Å². The molecule has 27 heavy (non-hydrogen) atoms. The van der Waals surface area contributed by atoms with Crippen molar-refractivity contribution < 1.29 is 4.79 Å². The lowest BCUT2D eigenvalue weighted by Gasteiger charge is -2.34. The van der Waals surface area contributed by atoms with E-state index in [9.17, 15) is 4.79 Å². The number of nitrogens with one attached hydrogen (secondary N) is 1. The van der Waals surface area contributed by atoms with E-state index in [4.69, 9.17) is 0 Å². The molecule has 1 saturated carbocycles. The van der Waals surface area contributed by atoms with Gasteiger partial charge in [-0.05, 0) is 31.9 Å². The van der Waals surface area contributed by atoms with E-state index < -0.39 is 0 Å². The number of nitrogens with zero attached hydrogens (tertiary/aromatic N) is 6. The molecule has 1 saturated heterocycles. The summed E-state index contributed by atoms with van der Waals surface area (Å²) in [6, 6.07) is 4.00. The van der Waals surface area contributed by atoms with Crippen LogP contribution >= 0.6 is 0 Å². The standard InChI is InChI=1S/C19H25N7O/c1-14-13-16(24-18(22-14)23-15-5-2-3-6-15)17(27)25-9-11-26(12-10-25)19-20-7-4-8-21-19/h4,7-8,13,15H,2-3,5-6,9-12H2,1H3,(H,22,23,24). The van der Waals surface area contributed by atoms with Gasteiger partial charge in [-0.15, -0.1) is 0 Å². The maximum Gasteiger partial charge on any atom is 0.272 e. The van der Waals surface area contributed by atoms with Crippen molar-refractivity contribution in [2.75, 3.05) is 36.4 Å². The van der Waals surface area contributed by atoms with Gasteiger partial charge in [0.25, 0.3) is 5.91 Å². The molecule has 8 nitrogen and oxygen atoms in total. The third-order valence-corrected chi connectivity index (χ3v) is 5.16. The van der Waals surface area contributed by atoms with Gasteiger partial charge in [0, 0.05) is 50.3 Å². The fourth-order valence-corrected chi connectivity index (χ4v) is 3.72.